The molecule has 5 unspecified atom stereocenters. The molecule has 2 bridgehead atoms. The maximum absolute atomic E-state index is 10.9. The number of hydrogen-bond acceptors (Lipinski definition) is 4. The predicted molar refractivity (Wildman–Crippen MR) is 63.5 cm³/mol. The molecule has 3 N–H and O–H groups in total. The Morgan fingerprint density at radius 2 is 2.00 bits per heavy atom. The summed E-state index contributed by atoms with van der Waals surface area (Å²) in [6, 6.07) is 0. The summed E-state index contributed by atoms with van der Waals surface area (Å²) in [6.45, 7) is 5.83. The number of rotatable bonds is 2. The molecule has 0 spiro atoms. The lowest BCUT2D eigenvalue weighted by Gasteiger charge is -2.49. The first kappa shape index (κ1) is 13.0. The van der Waals surface area contributed by atoms with Gasteiger partial charge in [0, 0.05) is 11.8 Å². The number of aliphatic hydroxyl groups excluding tert-OH is 2. The largest absolute Gasteiger partial charge is 0.393 e. The van der Waals surface area contributed by atoms with Crippen molar-refractivity contribution in [3.05, 3.63) is 12.2 Å². The molecule has 0 aromatic rings. The zero-order valence-corrected chi connectivity index (χ0v) is 10.7. The van der Waals surface area contributed by atoms with Crippen LogP contribution >= 0.6 is 0 Å². The monoisotopic (exact) mass is 242 g/mol. The first-order valence-electron chi connectivity index (χ1n) is 6.14. The van der Waals surface area contributed by atoms with Crippen LogP contribution in [0, 0.1) is 5.41 Å². The molecular weight excluding hydrogens is 220 g/mol. The van der Waals surface area contributed by atoms with Gasteiger partial charge in [-0.2, -0.15) is 0 Å². The van der Waals surface area contributed by atoms with E-state index in [0.717, 1.165) is 0 Å². The molecule has 0 aromatic heterocycles. The Bertz CT molecular complexity index is 318. The molecule has 98 valence electrons. The minimum absolute atomic E-state index is 0.420. The van der Waals surface area contributed by atoms with Crippen molar-refractivity contribution in [1.29, 1.82) is 0 Å². The number of aliphatic hydroxyl groups is 3. The molecule has 1 saturated carbocycles. The van der Waals surface area contributed by atoms with E-state index in [0.29, 0.717) is 19.4 Å². The fourth-order valence-corrected chi connectivity index (χ4v) is 3.30. The van der Waals surface area contributed by atoms with E-state index in [1.165, 1.54) is 0 Å². The third-order valence-corrected chi connectivity index (χ3v) is 4.36. The maximum Gasteiger partial charge on any atom is 0.119 e. The van der Waals surface area contributed by atoms with Crippen molar-refractivity contribution >= 4 is 0 Å². The summed E-state index contributed by atoms with van der Waals surface area (Å²) in [5.74, 6) is 0. The first-order valence-corrected chi connectivity index (χ1v) is 6.14. The standard InChI is InChI=1S/C13H22O4/c1-9(14)4-5-13(16)11(2)6-10(15)7-12(13,3)17-8-11/h4-5,9-10,14-16H,6-8H2,1-3H3/b5-4+. The highest BCUT2D eigenvalue weighted by molar-refractivity contribution is 5.26. The fraction of sp³-hybridized carbons (Fsp3) is 0.846. The molecule has 1 aliphatic heterocycles. The van der Waals surface area contributed by atoms with Crippen LogP contribution in [0.25, 0.3) is 0 Å². The van der Waals surface area contributed by atoms with E-state index in [1.807, 2.05) is 13.8 Å². The van der Waals surface area contributed by atoms with E-state index in [2.05, 4.69) is 0 Å². The van der Waals surface area contributed by atoms with Crippen LogP contribution in [-0.2, 0) is 4.74 Å². The highest BCUT2D eigenvalue weighted by atomic mass is 16.5. The molecule has 4 heteroatoms. The second kappa shape index (κ2) is 3.79. The molecule has 0 aromatic carbocycles. The quantitative estimate of drug-likeness (QED) is 0.620. The molecule has 0 amide bonds. The molecule has 1 heterocycles. The van der Waals surface area contributed by atoms with E-state index >= 15 is 0 Å². The van der Waals surface area contributed by atoms with E-state index in [1.54, 1.807) is 19.1 Å². The molecule has 2 aliphatic rings. The van der Waals surface area contributed by atoms with Crippen molar-refractivity contribution in [2.75, 3.05) is 6.61 Å². The second-order valence-corrected chi connectivity index (χ2v) is 6.01. The third-order valence-electron chi connectivity index (χ3n) is 4.36. The summed E-state index contributed by atoms with van der Waals surface area (Å²) in [5, 5.41) is 30.1. The molecule has 0 radical (unpaired) electrons. The van der Waals surface area contributed by atoms with Gasteiger partial charge in [0.05, 0.1) is 18.8 Å². The van der Waals surface area contributed by atoms with Gasteiger partial charge in [-0.05, 0) is 20.3 Å². The number of fused-ring (bicyclic) bond motifs is 2. The summed E-state index contributed by atoms with van der Waals surface area (Å²) in [5.41, 5.74) is -2.40. The Labute approximate surface area is 102 Å². The van der Waals surface area contributed by atoms with Gasteiger partial charge >= 0.3 is 0 Å². The van der Waals surface area contributed by atoms with Crippen LogP contribution < -0.4 is 0 Å². The molecule has 1 aliphatic carbocycles. The highest BCUT2D eigenvalue weighted by Crippen LogP contribution is 2.57. The van der Waals surface area contributed by atoms with E-state index in [-0.39, 0.29) is 0 Å². The average molecular weight is 242 g/mol. The van der Waals surface area contributed by atoms with Gasteiger partial charge in [-0.3, -0.25) is 0 Å². The Morgan fingerprint density at radius 3 is 2.53 bits per heavy atom. The Hall–Kier alpha value is -0.420. The lowest BCUT2D eigenvalue weighted by Crippen LogP contribution is -2.61. The van der Waals surface area contributed by atoms with Crippen LogP contribution in [0.1, 0.15) is 33.6 Å². The second-order valence-electron chi connectivity index (χ2n) is 6.01. The lowest BCUT2D eigenvalue weighted by atomic mass is 9.59. The van der Waals surface area contributed by atoms with Crippen molar-refractivity contribution in [1.82, 2.24) is 0 Å². The summed E-state index contributed by atoms with van der Waals surface area (Å²) in [4.78, 5) is 0. The minimum Gasteiger partial charge on any atom is -0.393 e. The van der Waals surface area contributed by atoms with Crippen LogP contribution in [0.4, 0.5) is 0 Å². The molecule has 1 saturated heterocycles. The van der Waals surface area contributed by atoms with Crippen molar-refractivity contribution in [2.45, 2.75) is 57.0 Å². The van der Waals surface area contributed by atoms with Gasteiger partial charge in [-0.15, -0.1) is 0 Å². The molecule has 5 atom stereocenters. The summed E-state index contributed by atoms with van der Waals surface area (Å²) in [7, 11) is 0. The van der Waals surface area contributed by atoms with Crippen molar-refractivity contribution in [2.24, 2.45) is 5.41 Å². The van der Waals surface area contributed by atoms with Crippen molar-refractivity contribution in [3.8, 4) is 0 Å². The van der Waals surface area contributed by atoms with Crippen LogP contribution in [0.5, 0.6) is 0 Å². The van der Waals surface area contributed by atoms with Gasteiger partial charge in [0.25, 0.3) is 0 Å². The fourth-order valence-electron chi connectivity index (χ4n) is 3.30. The normalized spacial score (nSPS) is 52.0. The molecular formula is C13H22O4. The Balaban J connectivity index is 2.39. The van der Waals surface area contributed by atoms with Crippen LogP contribution in [0.2, 0.25) is 0 Å². The summed E-state index contributed by atoms with van der Waals surface area (Å²) < 4.78 is 5.74. The molecule has 17 heavy (non-hydrogen) atoms. The molecule has 2 rings (SSSR count). The van der Waals surface area contributed by atoms with E-state index in [4.69, 9.17) is 4.74 Å². The Kier molecular flexibility index (Phi) is 2.90. The van der Waals surface area contributed by atoms with Crippen molar-refractivity contribution in [3.63, 3.8) is 0 Å². The van der Waals surface area contributed by atoms with Gasteiger partial charge in [0.1, 0.15) is 11.2 Å². The van der Waals surface area contributed by atoms with Crippen molar-refractivity contribution < 1.29 is 20.1 Å². The summed E-state index contributed by atoms with van der Waals surface area (Å²) >= 11 is 0. The highest BCUT2D eigenvalue weighted by Gasteiger charge is 2.67. The molecule has 4 nitrogen and oxygen atoms in total. The Morgan fingerprint density at radius 1 is 1.35 bits per heavy atom. The maximum atomic E-state index is 10.9. The van der Waals surface area contributed by atoms with Gasteiger partial charge in [-0.1, -0.05) is 19.1 Å². The zero-order chi connectivity index (χ0) is 12.9. The SMILES string of the molecule is CC(O)/C=C/C1(O)C2(C)COC1(C)CC(O)C2. The summed E-state index contributed by atoms with van der Waals surface area (Å²) in [6.07, 6.45) is 3.14. The first-order chi connectivity index (χ1) is 7.72. The van der Waals surface area contributed by atoms with Crippen LogP contribution in [0.15, 0.2) is 12.2 Å². The third kappa shape index (κ3) is 1.74. The van der Waals surface area contributed by atoms with E-state index in [9.17, 15) is 15.3 Å². The lowest BCUT2D eigenvalue weighted by molar-refractivity contribution is -0.150. The number of ether oxygens (including phenoxy) is 1. The van der Waals surface area contributed by atoms with E-state index < -0.39 is 28.8 Å². The smallest absolute Gasteiger partial charge is 0.119 e. The number of hydrogen-bond donors (Lipinski definition) is 3. The van der Waals surface area contributed by atoms with Gasteiger partial charge in [0.2, 0.25) is 0 Å². The van der Waals surface area contributed by atoms with Gasteiger partial charge in [0.15, 0.2) is 0 Å². The average Bonchev–Trinajstić information content (AvgIpc) is 2.33. The predicted octanol–water partition coefficient (Wildman–Crippen LogP) is 0.604. The zero-order valence-electron chi connectivity index (χ0n) is 10.7. The minimum atomic E-state index is -1.13. The van der Waals surface area contributed by atoms with Crippen LogP contribution in [-0.4, -0.2) is 45.3 Å². The molecule has 2 fully saturated rings. The van der Waals surface area contributed by atoms with Gasteiger partial charge < -0.3 is 20.1 Å². The van der Waals surface area contributed by atoms with Gasteiger partial charge in [-0.25, -0.2) is 0 Å². The van der Waals surface area contributed by atoms with Crippen LogP contribution in [0.3, 0.4) is 0 Å². The topological polar surface area (TPSA) is 69.9 Å².